The highest BCUT2D eigenvalue weighted by molar-refractivity contribution is 9.10. The number of nitrogens with one attached hydrogen (secondary N) is 1. The summed E-state index contributed by atoms with van der Waals surface area (Å²) >= 11 is 5.00. The molecule has 0 aliphatic heterocycles. The number of methoxy groups -OCH3 is 1. The second-order valence-electron chi connectivity index (χ2n) is 8.03. The number of nitrogens with zero attached hydrogens (tertiary/aromatic N) is 1. The Balaban J connectivity index is 1.72. The number of aryl methyl sites for hydroxylation is 3. The molecule has 0 saturated carbocycles. The van der Waals surface area contributed by atoms with Crippen molar-refractivity contribution in [1.82, 2.24) is 0 Å². The molecular weight excluding hydrogens is 488 g/mol. The molecule has 4 rings (SSSR count). The number of thiophene rings is 1. The van der Waals surface area contributed by atoms with Gasteiger partial charge in [0, 0.05) is 26.8 Å². The fourth-order valence-corrected chi connectivity index (χ4v) is 5.78. The maximum Gasteiger partial charge on any atom is 0.259 e. The molecule has 0 fully saturated rings. The van der Waals surface area contributed by atoms with Crippen LogP contribution in [0, 0.1) is 13.8 Å². The lowest BCUT2D eigenvalue weighted by Crippen LogP contribution is -2.15. The summed E-state index contributed by atoms with van der Waals surface area (Å²) in [6.45, 7) is 4.03. The molecule has 166 valence electrons. The first-order chi connectivity index (χ1) is 15.4. The van der Waals surface area contributed by atoms with E-state index in [9.17, 15) is 9.90 Å². The van der Waals surface area contributed by atoms with Gasteiger partial charge in [0.2, 0.25) is 0 Å². The topological polar surface area (TPSA) is 70.9 Å². The molecule has 2 aromatic carbocycles. The molecule has 0 bridgehead atoms. The number of carbonyl (C=O) groups excluding carboxylic acids is 1. The van der Waals surface area contributed by atoms with Crippen molar-refractivity contribution >= 4 is 50.1 Å². The summed E-state index contributed by atoms with van der Waals surface area (Å²) in [5, 5.41) is 14.2. The summed E-state index contributed by atoms with van der Waals surface area (Å²) in [6, 6.07) is 9.48. The lowest BCUT2D eigenvalue weighted by Gasteiger charge is -2.13. The Morgan fingerprint density at radius 3 is 2.59 bits per heavy atom. The van der Waals surface area contributed by atoms with Gasteiger partial charge in [-0.05, 0) is 80.5 Å². The molecule has 5 nitrogen and oxygen atoms in total. The number of aliphatic imine (C=N–C) groups is 1. The second kappa shape index (κ2) is 9.46. The molecule has 0 spiro atoms. The van der Waals surface area contributed by atoms with Gasteiger partial charge in [-0.15, -0.1) is 11.3 Å². The predicted molar refractivity (Wildman–Crippen MR) is 134 cm³/mol. The van der Waals surface area contributed by atoms with Crippen molar-refractivity contribution in [1.29, 1.82) is 0 Å². The van der Waals surface area contributed by atoms with Crippen LogP contribution in [0.5, 0.6) is 11.5 Å². The number of hydrogen-bond acceptors (Lipinski definition) is 5. The SMILES string of the molecule is COc1cc(Br)cc(C=Nc2sc3c(c2C(=O)Nc2cc(C)cc(C)c2)CCCC3)c1O. The Kier molecular flexibility index (Phi) is 6.67. The number of fused-ring (bicyclic) bond motifs is 1. The van der Waals surface area contributed by atoms with Crippen LogP contribution >= 0.6 is 27.3 Å². The van der Waals surface area contributed by atoms with E-state index in [-0.39, 0.29) is 11.7 Å². The van der Waals surface area contributed by atoms with Crippen LogP contribution in [-0.4, -0.2) is 24.3 Å². The van der Waals surface area contributed by atoms with Crippen molar-refractivity contribution in [2.75, 3.05) is 12.4 Å². The average Bonchev–Trinajstić information content (AvgIpc) is 3.11. The number of anilines is 1. The van der Waals surface area contributed by atoms with Crippen LogP contribution < -0.4 is 10.1 Å². The highest BCUT2D eigenvalue weighted by Crippen LogP contribution is 2.41. The van der Waals surface area contributed by atoms with E-state index in [1.807, 2.05) is 26.0 Å². The molecule has 0 unspecified atom stereocenters. The zero-order valence-corrected chi connectivity index (χ0v) is 20.7. The van der Waals surface area contributed by atoms with Gasteiger partial charge < -0.3 is 15.2 Å². The van der Waals surface area contributed by atoms with Crippen molar-refractivity contribution in [3.8, 4) is 11.5 Å². The third-order valence-corrected chi connectivity index (χ3v) is 7.13. The number of ether oxygens (including phenoxy) is 1. The fraction of sp³-hybridized carbons (Fsp3) is 0.280. The van der Waals surface area contributed by atoms with Crippen LogP contribution in [0.25, 0.3) is 0 Å². The second-order valence-corrected chi connectivity index (χ2v) is 10.0. The van der Waals surface area contributed by atoms with Crippen molar-refractivity contribution in [3.63, 3.8) is 0 Å². The number of halogens is 1. The Morgan fingerprint density at radius 2 is 1.88 bits per heavy atom. The molecule has 0 saturated heterocycles. The van der Waals surface area contributed by atoms with Gasteiger partial charge in [0.1, 0.15) is 5.00 Å². The van der Waals surface area contributed by atoms with Crippen LogP contribution in [0.3, 0.4) is 0 Å². The van der Waals surface area contributed by atoms with E-state index in [1.165, 1.54) is 12.0 Å². The van der Waals surface area contributed by atoms with Gasteiger partial charge in [-0.25, -0.2) is 4.99 Å². The van der Waals surface area contributed by atoms with Gasteiger partial charge in [0.25, 0.3) is 5.91 Å². The van der Waals surface area contributed by atoms with Crippen LogP contribution in [-0.2, 0) is 12.8 Å². The van der Waals surface area contributed by atoms with Crippen LogP contribution in [0.15, 0.2) is 39.8 Å². The Bertz CT molecular complexity index is 1200. The van der Waals surface area contributed by atoms with Crippen LogP contribution in [0.4, 0.5) is 10.7 Å². The van der Waals surface area contributed by atoms with E-state index in [1.54, 1.807) is 29.7 Å². The number of hydrogen-bond donors (Lipinski definition) is 2. The van der Waals surface area contributed by atoms with Gasteiger partial charge in [0.05, 0.1) is 12.7 Å². The maximum absolute atomic E-state index is 13.4. The summed E-state index contributed by atoms with van der Waals surface area (Å²) in [6.07, 6.45) is 5.63. The van der Waals surface area contributed by atoms with Crippen LogP contribution in [0.1, 0.15) is 50.3 Å². The smallest absolute Gasteiger partial charge is 0.259 e. The molecule has 32 heavy (non-hydrogen) atoms. The van der Waals surface area contributed by atoms with E-state index in [4.69, 9.17) is 4.74 Å². The highest BCUT2D eigenvalue weighted by Gasteiger charge is 2.25. The van der Waals surface area contributed by atoms with E-state index in [0.29, 0.717) is 21.9 Å². The van der Waals surface area contributed by atoms with Crippen molar-refractivity contribution < 1.29 is 14.6 Å². The van der Waals surface area contributed by atoms with Crippen molar-refractivity contribution in [2.45, 2.75) is 39.5 Å². The Labute approximate surface area is 200 Å². The number of phenols is 1. The minimum absolute atomic E-state index is 0.0157. The monoisotopic (exact) mass is 512 g/mol. The number of rotatable bonds is 5. The number of carbonyl (C=O) groups is 1. The molecule has 1 aromatic heterocycles. The maximum atomic E-state index is 13.4. The number of amides is 1. The van der Waals surface area contributed by atoms with E-state index < -0.39 is 0 Å². The van der Waals surface area contributed by atoms with E-state index in [0.717, 1.165) is 52.5 Å². The number of aromatic hydroxyl groups is 1. The first kappa shape index (κ1) is 22.6. The normalized spacial score (nSPS) is 13.2. The van der Waals surface area contributed by atoms with Gasteiger partial charge in [0.15, 0.2) is 11.5 Å². The molecule has 1 heterocycles. The summed E-state index contributed by atoms with van der Waals surface area (Å²) in [4.78, 5) is 19.2. The molecule has 0 radical (unpaired) electrons. The molecule has 1 amide bonds. The zero-order chi connectivity index (χ0) is 22.8. The molecule has 3 aromatic rings. The van der Waals surface area contributed by atoms with Gasteiger partial charge in [-0.3, -0.25) is 4.79 Å². The summed E-state index contributed by atoms with van der Waals surface area (Å²) in [5.41, 5.74) is 5.25. The average molecular weight is 513 g/mol. The van der Waals surface area contributed by atoms with Crippen molar-refractivity contribution in [2.24, 2.45) is 4.99 Å². The first-order valence-electron chi connectivity index (χ1n) is 10.5. The Hall–Kier alpha value is -2.64. The van der Waals surface area contributed by atoms with E-state index >= 15 is 0 Å². The number of phenolic OH excluding ortho intramolecular Hbond substituents is 1. The molecule has 1 aliphatic rings. The number of benzene rings is 2. The summed E-state index contributed by atoms with van der Waals surface area (Å²) in [7, 11) is 1.51. The van der Waals surface area contributed by atoms with Gasteiger partial charge >= 0.3 is 0 Å². The largest absolute Gasteiger partial charge is 0.504 e. The molecule has 0 atom stereocenters. The molecule has 7 heteroatoms. The molecule has 2 N–H and O–H groups in total. The standard InChI is InChI=1S/C25H25BrN2O3S/c1-14-8-15(2)10-18(9-14)28-24(30)22-19-6-4-5-7-21(19)32-25(22)27-13-16-11-17(26)12-20(31-3)23(16)29/h8-13,29H,4-7H2,1-3H3,(H,28,30). The third-order valence-electron chi connectivity index (χ3n) is 5.47. The highest BCUT2D eigenvalue weighted by atomic mass is 79.9. The minimum atomic E-state index is -0.141. The summed E-state index contributed by atoms with van der Waals surface area (Å²) in [5.74, 6) is 0.235. The first-order valence-corrected chi connectivity index (χ1v) is 12.1. The fourth-order valence-electron chi connectivity index (χ4n) is 4.09. The third kappa shape index (κ3) is 4.74. The van der Waals surface area contributed by atoms with Crippen LogP contribution in [0.2, 0.25) is 0 Å². The predicted octanol–water partition coefficient (Wildman–Crippen LogP) is 6.72. The zero-order valence-electron chi connectivity index (χ0n) is 18.3. The summed E-state index contributed by atoms with van der Waals surface area (Å²) < 4.78 is 6.00. The Morgan fingerprint density at radius 1 is 1.16 bits per heavy atom. The van der Waals surface area contributed by atoms with Crippen molar-refractivity contribution in [3.05, 3.63) is 67.5 Å². The lowest BCUT2D eigenvalue weighted by atomic mass is 9.95. The van der Waals surface area contributed by atoms with Gasteiger partial charge in [-0.2, -0.15) is 0 Å². The molecular formula is C25H25BrN2O3S. The van der Waals surface area contributed by atoms with E-state index in [2.05, 4.69) is 32.3 Å². The molecule has 1 aliphatic carbocycles. The lowest BCUT2D eigenvalue weighted by molar-refractivity contribution is 0.102. The van der Waals surface area contributed by atoms with Gasteiger partial charge in [-0.1, -0.05) is 22.0 Å². The quantitative estimate of drug-likeness (QED) is 0.372. The minimum Gasteiger partial charge on any atom is -0.504 e.